The van der Waals surface area contributed by atoms with Gasteiger partial charge in [0, 0.05) is 31.3 Å². The molecular weight excluding hydrogens is 403 g/mol. The van der Waals surface area contributed by atoms with Gasteiger partial charge in [-0.3, -0.25) is 9.88 Å². The number of aromatic nitrogens is 2. The third-order valence-corrected chi connectivity index (χ3v) is 4.75. The van der Waals surface area contributed by atoms with Crippen LogP contribution in [-0.4, -0.2) is 29.3 Å². The van der Waals surface area contributed by atoms with E-state index in [1.54, 1.807) is 43.5 Å². The summed E-state index contributed by atoms with van der Waals surface area (Å²) < 4.78 is 6.48. The number of benzene rings is 2. The third kappa shape index (κ3) is 4.62. The molecule has 0 bridgehead atoms. The molecule has 0 aliphatic rings. The minimum absolute atomic E-state index is 0.324. The average Bonchev–Trinajstić information content (AvgIpc) is 2.67. The fourth-order valence-electron chi connectivity index (χ4n) is 2.73. The summed E-state index contributed by atoms with van der Waals surface area (Å²) in [6.07, 6.45) is 0.597. The van der Waals surface area contributed by atoms with Crippen molar-refractivity contribution >= 4 is 51.6 Å². The Balaban J connectivity index is 1.92. The van der Waals surface area contributed by atoms with Gasteiger partial charge in [-0.25, -0.2) is 9.59 Å². The van der Waals surface area contributed by atoms with Gasteiger partial charge in [0.1, 0.15) is 5.82 Å². The molecule has 0 saturated heterocycles. The van der Waals surface area contributed by atoms with Crippen molar-refractivity contribution in [3.8, 4) is 0 Å². The van der Waals surface area contributed by atoms with Crippen molar-refractivity contribution in [2.45, 2.75) is 13.0 Å². The van der Waals surface area contributed by atoms with Crippen molar-refractivity contribution in [2.75, 3.05) is 24.4 Å². The van der Waals surface area contributed by atoms with Gasteiger partial charge in [0.15, 0.2) is 0 Å². The lowest BCUT2D eigenvalue weighted by atomic mass is 10.2. The molecule has 3 aromatic rings. The summed E-state index contributed by atoms with van der Waals surface area (Å²) in [5, 5.41) is 6.81. The van der Waals surface area contributed by atoms with Crippen molar-refractivity contribution in [2.24, 2.45) is 0 Å². The zero-order chi connectivity index (χ0) is 20.1. The van der Waals surface area contributed by atoms with Crippen LogP contribution in [0.5, 0.6) is 0 Å². The number of carbonyl (C=O) groups is 1. The number of methoxy groups -OCH3 is 1. The maximum Gasteiger partial charge on any atom is 0.349 e. The predicted molar refractivity (Wildman–Crippen MR) is 112 cm³/mol. The molecule has 2 aromatic carbocycles. The molecule has 0 aliphatic heterocycles. The molecule has 0 atom stereocenters. The number of ether oxygens (including phenoxy) is 1. The second-order valence-electron chi connectivity index (χ2n) is 5.97. The van der Waals surface area contributed by atoms with Crippen LogP contribution in [0.4, 0.5) is 16.3 Å². The Morgan fingerprint density at radius 3 is 2.68 bits per heavy atom. The number of hydrogen-bond acceptors (Lipinski definition) is 4. The van der Waals surface area contributed by atoms with Gasteiger partial charge >= 0.3 is 11.7 Å². The second kappa shape index (κ2) is 9.05. The van der Waals surface area contributed by atoms with E-state index in [1.165, 1.54) is 4.57 Å². The van der Waals surface area contributed by atoms with Crippen molar-refractivity contribution in [3.63, 3.8) is 0 Å². The monoisotopic (exact) mass is 420 g/mol. The Labute approximate surface area is 171 Å². The molecule has 146 valence electrons. The summed E-state index contributed by atoms with van der Waals surface area (Å²) in [7, 11) is 1.59. The number of nitrogens with zero attached hydrogens (tertiary/aromatic N) is 2. The fraction of sp³-hybridized carbons (Fsp3) is 0.211. The molecule has 1 heterocycles. The molecule has 0 fully saturated rings. The summed E-state index contributed by atoms with van der Waals surface area (Å²) in [5.41, 5.74) is 0.526. The Kier molecular flexibility index (Phi) is 6.51. The first-order valence-electron chi connectivity index (χ1n) is 8.51. The first kappa shape index (κ1) is 20.1. The van der Waals surface area contributed by atoms with Crippen molar-refractivity contribution in [1.29, 1.82) is 0 Å². The van der Waals surface area contributed by atoms with Gasteiger partial charge in [0.05, 0.1) is 15.6 Å². The smallest absolute Gasteiger partial charge is 0.349 e. The highest BCUT2D eigenvalue weighted by molar-refractivity contribution is 6.42. The molecule has 2 amide bonds. The fourth-order valence-corrected chi connectivity index (χ4v) is 3.03. The van der Waals surface area contributed by atoms with E-state index >= 15 is 0 Å². The third-order valence-electron chi connectivity index (χ3n) is 4.02. The van der Waals surface area contributed by atoms with E-state index in [0.29, 0.717) is 52.0 Å². The van der Waals surface area contributed by atoms with E-state index in [2.05, 4.69) is 15.6 Å². The number of rotatable bonds is 6. The first-order valence-corrected chi connectivity index (χ1v) is 9.27. The number of nitrogens with one attached hydrogen (secondary N) is 2. The summed E-state index contributed by atoms with van der Waals surface area (Å²) >= 11 is 11.9. The molecule has 2 N–H and O–H groups in total. The largest absolute Gasteiger partial charge is 0.385 e. The van der Waals surface area contributed by atoms with Crippen LogP contribution in [0.25, 0.3) is 10.9 Å². The average molecular weight is 421 g/mol. The Bertz CT molecular complexity index is 1070. The normalized spacial score (nSPS) is 10.8. The molecule has 28 heavy (non-hydrogen) atoms. The van der Waals surface area contributed by atoms with Crippen LogP contribution in [-0.2, 0) is 11.3 Å². The highest BCUT2D eigenvalue weighted by atomic mass is 35.5. The van der Waals surface area contributed by atoms with Crippen molar-refractivity contribution < 1.29 is 9.53 Å². The molecule has 0 aliphatic carbocycles. The van der Waals surface area contributed by atoms with Crippen LogP contribution in [0.15, 0.2) is 47.3 Å². The minimum Gasteiger partial charge on any atom is -0.385 e. The second-order valence-corrected chi connectivity index (χ2v) is 6.78. The molecule has 3 rings (SSSR count). The van der Waals surface area contributed by atoms with Gasteiger partial charge in [-0.2, -0.15) is 4.98 Å². The molecule has 7 nitrogen and oxygen atoms in total. The lowest BCUT2D eigenvalue weighted by Crippen LogP contribution is -2.30. The molecular formula is C19H18Cl2N4O3. The number of carbonyl (C=O) groups excluding carboxylic acids is 1. The van der Waals surface area contributed by atoms with Crippen LogP contribution in [0.3, 0.4) is 0 Å². The Morgan fingerprint density at radius 1 is 1.14 bits per heavy atom. The van der Waals surface area contributed by atoms with Gasteiger partial charge in [0.25, 0.3) is 0 Å². The molecule has 0 saturated carbocycles. The molecule has 1 aromatic heterocycles. The minimum atomic E-state index is -0.519. The van der Waals surface area contributed by atoms with E-state index in [0.717, 1.165) is 0 Å². The molecule has 0 unspecified atom stereocenters. The van der Waals surface area contributed by atoms with Crippen LogP contribution in [0.1, 0.15) is 6.42 Å². The highest BCUT2D eigenvalue weighted by Crippen LogP contribution is 2.25. The van der Waals surface area contributed by atoms with E-state index < -0.39 is 11.7 Å². The number of urea groups is 1. The van der Waals surface area contributed by atoms with Crippen LogP contribution in [0.2, 0.25) is 10.0 Å². The maximum absolute atomic E-state index is 12.6. The van der Waals surface area contributed by atoms with Crippen LogP contribution < -0.4 is 16.3 Å². The summed E-state index contributed by atoms with van der Waals surface area (Å²) in [5.74, 6) is 0.365. The van der Waals surface area contributed by atoms with Crippen LogP contribution in [0, 0.1) is 0 Å². The first-order chi connectivity index (χ1) is 13.5. The lowest BCUT2D eigenvalue weighted by Gasteiger charge is -2.16. The van der Waals surface area contributed by atoms with Crippen molar-refractivity contribution in [1.82, 2.24) is 9.55 Å². The van der Waals surface area contributed by atoms with Crippen LogP contribution >= 0.6 is 23.2 Å². The zero-order valence-corrected chi connectivity index (χ0v) is 16.5. The zero-order valence-electron chi connectivity index (χ0n) is 15.0. The van der Waals surface area contributed by atoms with Gasteiger partial charge in [0.2, 0.25) is 0 Å². The SMILES string of the molecule is COCCCn1c(NC(=O)Nc2ccc(Cl)c(Cl)c2)c2ccccc2nc1=O. The van der Waals surface area contributed by atoms with Gasteiger partial charge in [-0.05, 0) is 36.8 Å². The number of fused-ring (bicyclic) bond motifs is 1. The molecule has 0 radical (unpaired) electrons. The number of para-hydroxylation sites is 1. The number of hydrogen-bond donors (Lipinski definition) is 2. The summed E-state index contributed by atoms with van der Waals surface area (Å²) in [4.78, 5) is 29.1. The van der Waals surface area contributed by atoms with E-state index in [4.69, 9.17) is 27.9 Å². The number of anilines is 2. The highest BCUT2D eigenvalue weighted by Gasteiger charge is 2.14. The molecule has 9 heteroatoms. The van der Waals surface area contributed by atoms with Gasteiger partial charge in [-0.1, -0.05) is 35.3 Å². The maximum atomic E-state index is 12.6. The number of amides is 2. The van der Waals surface area contributed by atoms with Gasteiger partial charge in [-0.15, -0.1) is 0 Å². The molecule has 0 spiro atoms. The topological polar surface area (TPSA) is 85.2 Å². The number of halogens is 2. The Hall–Kier alpha value is -2.61. The standard InChI is InChI=1S/C19H18Cl2N4O3/c1-28-10-4-9-25-17(13-5-2-3-6-16(13)23-19(25)27)24-18(26)22-12-7-8-14(20)15(21)11-12/h2-3,5-8,11H,4,9-10H2,1H3,(H2,22,24,26). The van der Waals surface area contributed by atoms with Gasteiger partial charge < -0.3 is 10.1 Å². The van der Waals surface area contributed by atoms with E-state index in [9.17, 15) is 9.59 Å². The quantitative estimate of drug-likeness (QED) is 0.579. The van der Waals surface area contributed by atoms with E-state index in [1.807, 2.05) is 6.07 Å². The Morgan fingerprint density at radius 2 is 1.93 bits per heavy atom. The lowest BCUT2D eigenvalue weighted by molar-refractivity contribution is 0.190. The summed E-state index contributed by atoms with van der Waals surface area (Å²) in [6.45, 7) is 0.834. The summed E-state index contributed by atoms with van der Waals surface area (Å²) in [6, 6.07) is 11.3. The van der Waals surface area contributed by atoms with Crippen molar-refractivity contribution in [3.05, 3.63) is 63.0 Å². The predicted octanol–water partition coefficient (Wildman–Crippen LogP) is 4.38. The van der Waals surface area contributed by atoms with E-state index in [-0.39, 0.29) is 0 Å².